The van der Waals surface area contributed by atoms with Gasteiger partial charge in [-0.15, -0.1) is 0 Å². The van der Waals surface area contributed by atoms with Gasteiger partial charge in [-0.3, -0.25) is 0 Å². The Hall–Kier alpha value is -1.06. The van der Waals surface area contributed by atoms with Gasteiger partial charge in [-0.2, -0.15) is 0 Å². The summed E-state index contributed by atoms with van der Waals surface area (Å²) in [5.41, 5.74) is 0.813. The molecule has 0 bridgehead atoms. The van der Waals surface area contributed by atoms with Gasteiger partial charge in [-0.1, -0.05) is 11.6 Å². The Kier molecular flexibility index (Phi) is 2.37. The largest absolute Gasteiger partial charge is 0.367 e. The Morgan fingerprint density at radius 3 is 2.75 bits per heavy atom. The smallest absolute Gasteiger partial charge is 0.224 e. The molecule has 3 nitrogen and oxygen atoms in total. The molecule has 3 rings (SSSR count). The first-order valence-corrected chi connectivity index (χ1v) is 5.87. The van der Waals surface area contributed by atoms with E-state index in [9.17, 15) is 0 Å². The van der Waals surface area contributed by atoms with Crippen LogP contribution in [0, 0.1) is 0 Å². The number of hydrogen-bond acceptors (Lipinski definition) is 3. The monoisotopic (exact) mass is 253 g/mol. The van der Waals surface area contributed by atoms with Gasteiger partial charge in [-0.05, 0) is 42.6 Å². The molecule has 16 heavy (non-hydrogen) atoms. The number of nitrogens with one attached hydrogen (secondary N) is 1. The number of halogens is 2. The predicted octanol–water partition coefficient (Wildman–Crippen LogP) is 3.51. The number of fused-ring (bicyclic) bond motifs is 1. The third-order valence-electron chi connectivity index (χ3n) is 2.55. The summed E-state index contributed by atoms with van der Waals surface area (Å²) in [5, 5.41) is 5.19. The van der Waals surface area contributed by atoms with Crippen LogP contribution in [-0.4, -0.2) is 16.0 Å². The highest BCUT2D eigenvalue weighted by Crippen LogP contribution is 2.30. The molecule has 1 aromatic carbocycles. The molecule has 5 heteroatoms. The minimum Gasteiger partial charge on any atom is -0.367 e. The molecule has 1 saturated carbocycles. The highest BCUT2D eigenvalue weighted by atomic mass is 35.5. The maximum absolute atomic E-state index is 5.97. The summed E-state index contributed by atoms with van der Waals surface area (Å²) in [6.07, 6.45) is 2.37. The summed E-state index contributed by atoms with van der Waals surface area (Å²) in [6, 6.07) is 6.03. The van der Waals surface area contributed by atoms with Gasteiger partial charge in [0.1, 0.15) is 5.82 Å². The van der Waals surface area contributed by atoms with Crippen LogP contribution in [0.25, 0.3) is 10.9 Å². The highest BCUT2D eigenvalue weighted by molar-refractivity contribution is 6.31. The molecule has 1 aliphatic rings. The van der Waals surface area contributed by atoms with Gasteiger partial charge in [0.05, 0.1) is 5.52 Å². The molecule has 1 aromatic heterocycles. The number of benzene rings is 1. The molecule has 0 radical (unpaired) electrons. The van der Waals surface area contributed by atoms with Crippen LogP contribution >= 0.6 is 23.2 Å². The molecule has 0 unspecified atom stereocenters. The van der Waals surface area contributed by atoms with Crippen LogP contribution < -0.4 is 5.32 Å². The fourth-order valence-corrected chi connectivity index (χ4v) is 1.95. The van der Waals surface area contributed by atoms with Gasteiger partial charge in [0.15, 0.2) is 0 Å². The van der Waals surface area contributed by atoms with Crippen molar-refractivity contribution in [2.75, 3.05) is 5.32 Å². The molecule has 2 aromatic rings. The maximum Gasteiger partial charge on any atom is 0.224 e. The van der Waals surface area contributed by atoms with Crippen molar-refractivity contribution >= 4 is 39.9 Å². The van der Waals surface area contributed by atoms with Crippen molar-refractivity contribution in [1.29, 1.82) is 0 Å². The fourth-order valence-electron chi connectivity index (χ4n) is 1.60. The van der Waals surface area contributed by atoms with E-state index in [1.54, 1.807) is 6.07 Å². The van der Waals surface area contributed by atoms with Crippen LogP contribution in [0.15, 0.2) is 18.2 Å². The van der Waals surface area contributed by atoms with E-state index in [4.69, 9.17) is 23.2 Å². The first-order chi connectivity index (χ1) is 7.72. The number of rotatable bonds is 2. The molecule has 1 N–H and O–H groups in total. The molecule has 0 spiro atoms. The van der Waals surface area contributed by atoms with Gasteiger partial charge in [0, 0.05) is 16.5 Å². The summed E-state index contributed by atoms with van der Waals surface area (Å²) in [6.45, 7) is 0. The standard InChI is InChI=1S/C11H9Cl2N3/c12-6-1-4-9-8(5-6)10(14-7-2-3-7)16-11(13)15-9/h1,4-5,7H,2-3H2,(H,14,15,16). The minimum absolute atomic E-state index is 0.262. The van der Waals surface area contributed by atoms with Crippen molar-refractivity contribution in [3.8, 4) is 0 Å². The van der Waals surface area contributed by atoms with Crippen molar-refractivity contribution in [3.63, 3.8) is 0 Å². The Morgan fingerprint density at radius 1 is 1.19 bits per heavy atom. The van der Waals surface area contributed by atoms with E-state index in [0.717, 1.165) is 16.7 Å². The number of hydrogen-bond donors (Lipinski definition) is 1. The normalized spacial score (nSPS) is 15.4. The second-order valence-corrected chi connectivity index (χ2v) is 4.70. The van der Waals surface area contributed by atoms with E-state index >= 15 is 0 Å². The topological polar surface area (TPSA) is 37.8 Å². The van der Waals surface area contributed by atoms with Crippen LogP contribution in [-0.2, 0) is 0 Å². The van der Waals surface area contributed by atoms with Crippen LogP contribution in [0.4, 0.5) is 5.82 Å². The van der Waals surface area contributed by atoms with Crippen LogP contribution in [0.2, 0.25) is 10.3 Å². The Balaban J connectivity index is 2.18. The second kappa shape index (κ2) is 3.75. The van der Waals surface area contributed by atoms with Gasteiger partial charge < -0.3 is 5.32 Å². The molecular weight excluding hydrogens is 245 g/mol. The summed E-state index contributed by atoms with van der Waals surface area (Å²) >= 11 is 11.8. The molecule has 0 saturated heterocycles. The van der Waals surface area contributed by atoms with E-state index in [-0.39, 0.29) is 5.28 Å². The van der Waals surface area contributed by atoms with Crippen molar-refractivity contribution in [1.82, 2.24) is 9.97 Å². The number of aromatic nitrogens is 2. The third-order valence-corrected chi connectivity index (χ3v) is 2.95. The first-order valence-electron chi connectivity index (χ1n) is 5.12. The average molecular weight is 254 g/mol. The molecule has 82 valence electrons. The van der Waals surface area contributed by atoms with E-state index in [1.165, 1.54) is 12.8 Å². The maximum atomic E-state index is 5.97. The Labute approximate surface area is 103 Å². The van der Waals surface area contributed by atoms with Crippen molar-refractivity contribution in [3.05, 3.63) is 28.5 Å². The summed E-state index contributed by atoms with van der Waals surface area (Å²) < 4.78 is 0. The van der Waals surface area contributed by atoms with Crippen LogP contribution in [0.1, 0.15) is 12.8 Å². The van der Waals surface area contributed by atoms with Gasteiger partial charge >= 0.3 is 0 Å². The molecular formula is C11H9Cl2N3. The second-order valence-electron chi connectivity index (χ2n) is 3.92. The molecule has 1 aliphatic carbocycles. The molecule has 0 aliphatic heterocycles. The van der Waals surface area contributed by atoms with Crippen LogP contribution in [0.3, 0.4) is 0 Å². The van der Waals surface area contributed by atoms with Gasteiger partial charge in [0.25, 0.3) is 0 Å². The first kappa shape index (κ1) is 10.1. The lowest BCUT2D eigenvalue weighted by Crippen LogP contribution is -2.04. The van der Waals surface area contributed by atoms with Crippen LogP contribution in [0.5, 0.6) is 0 Å². The van der Waals surface area contributed by atoms with Crippen molar-refractivity contribution < 1.29 is 0 Å². The van der Waals surface area contributed by atoms with Gasteiger partial charge in [-0.25, -0.2) is 9.97 Å². The summed E-state index contributed by atoms with van der Waals surface area (Å²) in [4.78, 5) is 8.37. The number of nitrogens with zero attached hydrogens (tertiary/aromatic N) is 2. The van der Waals surface area contributed by atoms with E-state index in [0.29, 0.717) is 11.1 Å². The minimum atomic E-state index is 0.262. The Bertz CT molecular complexity index is 552. The van der Waals surface area contributed by atoms with Crippen molar-refractivity contribution in [2.45, 2.75) is 18.9 Å². The van der Waals surface area contributed by atoms with E-state index in [1.807, 2.05) is 12.1 Å². The van der Waals surface area contributed by atoms with E-state index in [2.05, 4.69) is 15.3 Å². The average Bonchev–Trinajstić information content (AvgIpc) is 3.03. The van der Waals surface area contributed by atoms with Gasteiger partial charge in [0.2, 0.25) is 5.28 Å². The molecule has 0 atom stereocenters. The zero-order valence-corrected chi connectivity index (χ0v) is 9.89. The highest BCUT2D eigenvalue weighted by Gasteiger charge is 2.22. The third kappa shape index (κ3) is 1.93. The predicted molar refractivity (Wildman–Crippen MR) is 66.2 cm³/mol. The lowest BCUT2D eigenvalue weighted by atomic mass is 10.2. The zero-order valence-electron chi connectivity index (χ0n) is 8.37. The van der Waals surface area contributed by atoms with E-state index < -0.39 is 0 Å². The molecule has 1 fully saturated rings. The Morgan fingerprint density at radius 2 is 2.00 bits per heavy atom. The summed E-state index contributed by atoms with van der Waals surface area (Å²) in [7, 11) is 0. The molecule has 0 amide bonds. The SMILES string of the molecule is Clc1ccc2nc(Cl)nc(NC3CC3)c2c1. The lowest BCUT2D eigenvalue weighted by molar-refractivity contribution is 1.10. The fraction of sp³-hybridized carbons (Fsp3) is 0.273. The number of anilines is 1. The lowest BCUT2D eigenvalue weighted by Gasteiger charge is -2.07. The molecule has 1 heterocycles. The van der Waals surface area contributed by atoms with Crippen molar-refractivity contribution in [2.24, 2.45) is 0 Å². The quantitative estimate of drug-likeness (QED) is 0.833. The summed E-state index contributed by atoms with van der Waals surface area (Å²) in [5.74, 6) is 0.778. The zero-order chi connectivity index (χ0) is 11.1.